The van der Waals surface area contributed by atoms with Crippen LogP contribution in [0.3, 0.4) is 0 Å². The van der Waals surface area contributed by atoms with Crippen LogP contribution in [0.15, 0.2) is 0 Å². The van der Waals surface area contributed by atoms with E-state index in [1.165, 1.54) is 43.6 Å². The van der Waals surface area contributed by atoms with Crippen LogP contribution in [0.25, 0.3) is 0 Å². The lowest BCUT2D eigenvalue weighted by atomic mass is 9.78. The summed E-state index contributed by atoms with van der Waals surface area (Å²) in [4.78, 5) is 0. The molecule has 0 aromatic carbocycles. The number of thioether (sulfide) groups is 1. The first-order valence-electron chi connectivity index (χ1n) is 6.61. The van der Waals surface area contributed by atoms with E-state index in [0.717, 1.165) is 23.9 Å². The van der Waals surface area contributed by atoms with Gasteiger partial charge < -0.3 is 5.32 Å². The smallest absolute Gasteiger partial charge is 0.0161 e. The molecule has 2 fully saturated rings. The molecule has 1 saturated heterocycles. The molecule has 0 aromatic rings. The number of rotatable bonds is 2. The second-order valence-electron chi connectivity index (χ2n) is 5.45. The Morgan fingerprint density at radius 1 is 1.07 bits per heavy atom. The summed E-state index contributed by atoms with van der Waals surface area (Å²) in [7, 11) is 0. The van der Waals surface area contributed by atoms with Gasteiger partial charge in [-0.1, -0.05) is 26.7 Å². The summed E-state index contributed by atoms with van der Waals surface area (Å²) in [6, 6.07) is 1.61. The molecular formula is C13H25NS. The third kappa shape index (κ3) is 3.13. The fourth-order valence-electron chi connectivity index (χ4n) is 2.99. The molecule has 1 heterocycles. The van der Waals surface area contributed by atoms with E-state index in [1.54, 1.807) is 0 Å². The molecule has 1 nitrogen and oxygen atoms in total. The van der Waals surface area contributed by atoms with Gasteiger partial charge in [0.15, 0.2) is 0 Å². The van der Waals surface area contributed by atoms with Crippen molar-refractivity contribution in [1.82, 2.24) is 5.32 Å². The van der Waals surface area contributed by atoms with Crippen molar-refractivity contribution in [2.75, 3.05) is 11.5 Å². The maximum absolute atomic E-state index is 3.92. The molecule has 2 aliphatic rings. The van der Waals surface area contributed by atoms with Gasteiger partial charge in [0.1, 0.15) is 0 Å². The van der Waals surface area contributed by atoms with Gasteiger partial charge in [-0.05, 0) is 36.9 Å². The second kappa shape index (κ2) is 5.58. The molecule has 4 atom stereocenters. The standard InChI is InChI=1S/C13H25NS/c1-10-5-3-7-13(11(10)2)14-12-6-4-8-15-9-12/h10-14H,3-9H2,1-2H3/t10-,11+,12+,13+/m0/s1. The SMILES string of the molecule is C[C@@H]1[C@@H](C)CCC[C@H]1N[C@@H]1CCCSC1. The van der Waals surface area contributed by atoms with Crippen molar-refractivity contribution in [2.24, 2.45) is 11.8 Å². The average Bonchev–Trinajstić information content (AvgIpc) is 2.26. The van der Waals surface area contributed by atoms with E-state index in [1.807, 2.05) is 0 Å². The Labute approximate surface area is 98.8 Å². The van der Waals surface area contributed by atoms with Crippen LogP contribution in [0.5, 0.6) is 0 Å². The Morgan fingerprint density at radius 3 is 2.67 bits per heavy atom. The molecule has 88 valence electrons. The summed E-state index contributed by atoms with van der Waals surface area (Å²) in [5.74, 6) is 4.53. The number of hydrogen-bond acceptors (Lipinski definition) is 2. The van der Waals surface area contributed by atoms with Gasteiger partial charge >= 0.3 is 0 Å². The highest BCUT2D eigenvalue weighted by molar-refractivity contribution is 7.99. The van der Waals surface area contributed by atoms with Crippen molar-refractivity contribution < 1.29 is 0 Å². The Balaban J connectivity index is 1.81. The molecule has 1 N–H and O–H groups in total. The van der Waals surface area contributed by atoms with Crippen molar-refractivity contribution in [2.45, 2.75) is 58.0 Å². The Kier molecular flexibility index (Phi) is 4.39. The highest BCUT2D eigenvalue weighted by atomic mass is 32.2. The van der Waals surface area contributed by atoms with Crippen LogP contribution in [-0.4, -0.2) is 23.6 Å². The van der Waals surface area contributed by atoms with Gasteiger partial charge in [-0.2, -0.15) is 11.8 Å². The number of nitrogens with one attached hydrogen (secondary N) is 1. The van der Waals surface area contributed by atoms with E-state index in [9.17, 15) is 0 Å². The van der Waals surface area contributed by atoms with Crippen molar-refractivity contribution in [3.8, 4) is 0 Å². The third-order valence-corrected chi connectivity index (χ3v) is 5.53. The number of hydrogen-bond donors (Lipinski definition) is 1. The van der Waals surface area contributed by atoms with Crippen LogP contribution in [-0.2, 0) is 0 Å². The van der Waals surface area contributed by atoms with E-state index in [4.69, 9.17) is 0 Å². The molecule has 0 amide bonds. The molecule has 0 spiro atoms. The first kappa shape index (κ1) is 11.8. The van der Waals surface area contributed by atoms with E-state index in [0.29, 0.717) is 0 Å². The highest BCUT2D eigenvalue weighted by Crippen LogP contribution is 2.30. The predicted octanol–water partition coefficient (Wildman–Crippen LogP) is 3.30. The lowest BCUT2D eigenvalue weighted by Crippen LogP contribution is -2.47. The Hall–Kier alpha value is 0.310. The largest absolute Gasteiger partial charge is 0.310 e. The van der Waals surface area contributed by atoms with Crippen LogP contribution < -0.4 is 5.32 Å². The van der Waals surface area contributed by atoms with Gasteiger partial charge in [-0.15, -0.1) is 0 Å². The normalized spacial score (nSPS) is 42.8. The molecule has 0 unspecified atom stereocenters. The Morgan fingerprint density at radius 2 is 1.93 bits per heavy atom. The molecule has 15 heavy (non-hydrogen) atoms. The van der Waals surface area contributed by atoms with Crippen LogP contribution in [0.1, 0.15) is 46.0 Å². The summed E-state index contributed by atoms with van der Waals surface area (Å²) in [5.41, 5.74) is 0. The minimum atomic E-state index is 0.803. The zero-order valence-corrected chi connectivity index (χ0v) is 11.0. The highest BCUT2D eigenvalue weighted by Gasteiger charge is 2.28. The van der Waals surface area contributed by atoms with Gasteiger partial charge in [-0.3, -0.25) is 0 Å². The van der Waals surface area contributed by atoms with E-state index >= 15 is 0 Å². The lowest BCUT2D eigenvalue weighted by molar-refractivity contribution is 0.194. The molecular weight excluding hydrogens is 202 g/mol. The van der Waals surface area contributed by atoms with E-state index < -0.39 is 0 Å². The predicted molar refractivity (Wildman–Crippen MR) is 69.4 cm³/mol. The quantitative estimate of drug-likeness (QED) is 0.777. The summed E-state index contributed by atoms with van der Waals surface area (Å²) >= 11 is 2.13. The molecule has 0 bridgehead atoms. The van der Waals surface area contributed by atoms with Crippen LogP contribution >= 0.6 is 11.8 Å². The van der Waals surface area contributed by atoms with Gasteiger partial charge in [0.2, 0.25) is 0 Å². The topological polar surface area (TPSA) is 12.0 Å². The van der Waals surface area contributed by atoms with Crippen LogP contribution in [0.2, 0.25) is 0 Å². The molecule has 1 aliphatic carbocycles. The fourth-order valence-corrected chi connectivity index (χ4v) is 4.08. The zero-order valence-electron chi connectivity index (χ0n) is 10.2. The molecule has 0 aromatic heterocycles. The van der Waals surface area contributed by atoms with Gasteiger partial charge in [0, 0.05) is 17.8 Å². The molecule has 0 radical (unpaired) electrons. The monoisotopic (exact) mass is 227 g/mol. The van der Waals surface area contributed by atoms with Gasteiger partial charge in [0.25, 0.3) is 0 Å². The first-order chi connectivity index (χ1) is 7.27. The maximum Gasteiger partial charge on any atom is 0.0161 e. The minimum absolute atomic E-state index is 0.803. The Bertz CT molecular complexity index is 189. The molecule has 2 heteroatoms. The van der Waals surface area contributed by atoms with Crippen molar-refractivity contribution >= 4 is 11.8 Å². The van der Waals surface area contributed by atoms with Crippen molar-refractivity contribution in [3.63, 3.8) is 0 Å². The summed E-state index contributed by atoms with van der Waals surface area (Å²) < 4.78 is 0. The molecule has 2 rings (SSSR count). The second-order valence-corrected chi connectivity index (χ2v) is 6.60. The molecule has 1 aliphatic heterocycles. The third-order valence-electron chi connectivity index (χ3n) is 4.32. The maximum atomic E-state index is 3.92. The molecule has 1 saturated carbocycles. The van der Waals surface area contributed by atoms with Gasteiger partial charge in [0.05, 0.1) is 0 Å². The van der Waals surface area contributed by atoms with Gasteiger partial charge in [-0.25, -0.2) is 0 Å². The van der Waals surface area contributed by atoms with E-state index in [2.05, 4.69) is 30.9 Å². The summed E-state index contributed by atoms with van der Waals surface area (Å²) in [6.45, 7) is 4.87. The lowest BCUT2D eigenvalue weighted by Gasteiger charge is -2.38. The van der Waals surface area contributed by atoms with Crippen molar-refractivity contribution in [1.29, 1.82) is 0 Å². The minimum Gasteiger partial charge on any atom is -0.310 e. The zero-order chi connectivity index (χ0) is 10.7. The van der Waals surface area contributed by atoms with Crippen molar-refractivity contribution in [3.05, 3.63) is 0 Å². The first-order valence-corrected chi connectivity index (χ1v) is 7.76. The van der Waals surface area contributed by atoms with Crippen LogP contribution in [0.4, 0.5) is 0 Å². The summed E-state index contributed by atoms with van der Waals surface area (Å²) in [5, 5.41) is 3.92. The van der Waals surface area contributed by atoms with Crippen LogP contribution in [0, 0.1) is 11.8 Å². The van der Waals surface area contributed by atoms with E-state index in [-0.39, 0.29) is 0 Å². The average molecular weight is 227 g/mol. The summed E-state index contributed by atoms with van der Waals surface area (Å²) in [6.07, 6.45) is 7.11. The fraction of sp³-hybridized carbons (Fsp3) is 1.00.